The van der Waals surface area contributed by atoms with Crippen molar-refractivity contribution >= 4 is 22.8 Å². The molecule has 1 aliphatic heterocycles. The summed E-state index contributed by atoms with van der Waals surface area (Å²) in [4.78, 5) is 4.01. The SMILES string of the molecule is C[Si](C)(C)OC1N=CC(F)C(O[Si](C)(C)C)N1. The predicted octanol–water partition coefficient (Wildman–Crippen LogP) is 2.31. The Morgan fingerprint density at radius 3 is 2.06 bits per heavy atom. The number of alkyl halides is 1. The van der Waals surface area contributed by atoms with Crippen molar-refractivity contribution in [2.75, 3.05) is 0 Å². The van der Waals surface area contributed by atoms with Crippen LogP contribution >= 0.6 is 0 Å². The number of aliphatic imine (C=N–C) groups is 1. The lowest BCUT2D eigenvalue weighted by Crippen LogP contribution is -2.55. The number of nitrogens with one attached hydrogen (secondary N) is 1. The standard InChI is InChI=1S/C10H23FN2O2Si2/c1-16(2,3)14-9-8(11)7-12-10(13-9)15-17(4,5)6/h7-10,13H,1-6H3. The lowest BCUT2D eigenvalue weighted by molar-refractivity contribution is 0.0273. The van der Waals surface area contributed by atoms with E-state index in [1.165, 1.54) is 6.21 Å². The molecular weight excluding hydrogens is 255 g/mol. The highest BCUT2D eigenvalue weighted by molar-refractivity contribution is 6.70. The lowest BCUT2D eigenvalue weighted by Gasteiger charge is -2.35. The van der Waals surface area contributed by atoms with E-state index in [2.05, 4.69) is 30.0 Å². The molecule has 1 rings (SSSR count). The van der Waals surface area contributed by atoms with E-state index in [0.29, 0.717) is 0 Å². The van der Waals surface area contributed by atoms with E-state index in [9.17, 15) is 4.39 Å². The Bertz CT molecular complexity index is 289. The summed E-state index contributed by atoms with van der Waals surface area (Å²) in [7, 11) is -3.48. The fraction of sp³-hybridized carbons (Fsp3) is 0.900. The first-order valence-electron chi connectivity index (χ1n) is 5.86. The average Bonchev–Trinajstić information content (AvgIpc) is 2.05. The Kier molecular flexibility index (Phi) is 4.64. The maximum absolute atomic E-state index is 13.6. The average molecular weight is 278 g/mol. The normalized spacial score (nSPS) is 30.6. The van der Waals surface area contributed by atoms with Crippen LogP contribution in [0.3, 0.4) is 0 Å². The van der Waals surface area contributed by atoms with Crippen molar-refractivity contribution in [3.8, 4) is 0 Å². The van der Waals surface area contributed by atoms with Gasteiger partial charge in [0.1, 0.15) is 6.23 Å². The van der Waals surface area contributed by atoms with Gasteiger partial charge in [-0.2, -0.15) is 0 Å². The zero-order valence-electron chi connectivity index (χ0n) is 11.5. The number of hydrogen-bond donors (Lipinski definition) is 1. The van der Waals surface area contributed by atoms with Gasteiger partial charge in [0.25, 0.3) is 0 Å². The zero-order chi connectivity index (χ0) is 13.3. The van der Waals surface area contributed by atoms with Crippen molar-refractivity contribution in [2.24, 2.45) is 4.99 Å². The van der Waals surface area contributed by atoms with Crippen LogP contribution in [-0.2, 0) is 8.85 Å². The highest BCUT2D eigenvalue weighted by atomic mass is 28.4. The van der Waals surface area contributed by atoms with Gasteiger partial charge in [-0.15, -0.1) is 0 Å². The van der Waals surface area contributed by atoms with Crippen LogP contribution in [0.25, 0.3) is 0 Å². The van der Waals surface area contributed by atoms with Crippen molar-refractivity contribution in [2.45, 2.75) is 58.0 Å². The van der Waals surface area contributed by atoms with Crippen molar-refractivity contribution in [1.29, 1.82) is 0 Å². The van der Waals surface area contributed by atoms with Gasteiger partial charge in [-0.1, -0.05) is 0 Å². The third kappa shape index (κ3) is 5.87. The van der Waals surface area contributed by atoms with E-state index in [4.69, 9.17) is 8.85 Å². The molecule has 3 unspecified atom stereocenters. The minimum Gasteiger partial charge on any atom is -0.399 e. The van der Waals surface area contributed by atoms with Crippen molar-refractivity contribution < 1.29 is 13.2 Å². The van der Waals surface area contributed by atoms with E-state index >= 15 is 0 Å². The third-order valence-corrected chi connectivity index (χ3v) is 3.80. The molecule has 7 heteroatoms. The maximum atomic E-state index is 13.6. The molecule has 0 aromatic carbocycles. The highest BCUT2D eigenvalue weighted by Crippen LogP contribution is 2.16. The molecule has 0 aromatic rings. The van der Waals surface area contributed by atoms with E-state index in [-0.39, 0.29) is 0 Å². The van der Waals surface area contributed by atoms with Gasteiger partial charge in [-0.05, 0) is 39.3 Å². The van der Waals surface area contributed by atoms with Gasteiger partial charge in [0, 0.05) is 6.21 Å². The van der Waals surface area contributed by atoms with E-state index in [0.717, 1.165) is 0 Å². The van der Waals surface area contributed by atoms with Gasteiger partial charge in [0.15, 0.2) is 29.2 Å². The molecule has 0 saturated carbocycles. The van der Waals surface area contributed by atoms with Crippen LogP contribution in [0.2, 0.25) is 39.3 Å². The quantitative estimate of drug-likeness (QED) is 0.803. The maximum Gasteiger partial charge on any atom is 0.196 e. The molecule has 1 N–H and O–H groups in total. The lowest BCUT2D eigenvalue weighted by atomic mass is 10.3. The molecule has 0 saturated heterocycles. The van der Waals surface area contributed by atoms with Crippen LogP contribution in [0.4, 0.5) is 4.39 Å². The summed E-state index contributed by atoms with van der Waals surface area (Å²) in [6.07, 6.45) is -1.04. The summed E-state index contributed by atoms with van der Waals surface area (Å²) in [6.45, 7) is 12.3. The summed E-state index contributed by atoms with van der Waals surface area (Å²) in [5, 5.41) is 2.97. The first kappa shape index (κ1) is 15.0. The third-order valence-electron chi connectivity index (χ3n) is 1.91. The van der Waals surface area contributed by atoms with Gasteiger partial charge in [0.05, 0.1) is 0 Å². The molecule has 0 aromatic heterocycles. The zero-order valence-corrected chi connectivity index (χ0v) is 13.5. The topological polar surface area (TPSA) is 42.9 Å². The molecule has 0 bridgehead atoms. The molecule has 3 atom stereocenters. The van der Waals surface area contributed by atoms with Gasteiger partial charge in [-0.25, -0.2) is 14.7 Å². The number of hydrogen-bond acceptors (Lipinski definition) is 4. The Hall–Kier alpha value is -0.0862. The second-order valence-electron chi connectivity index (χ2n) is 6.14. The molecule has 4 nitrogen and oxygen atoms in total. The molecule has 0 amide bonds. The van der Waals surface area contributed by atoms with E-state index < -0.39 is 35.4 Å². The molecule has 0 aliphatic carbocycles. The van der Waals surface area contributed by atoms with Gasteiger partial charge >= 0.3 is 0 Å². The Morgan fingerprint density at radius 1 is 1.06 bits per heavy atom. The van der Waals surface area contributed by atoms with E-state index in [1.807, 2.05) is 19.6 Å². The summed E-state index contributed by atoms with van der Waals surface area (Å²) < 4.78 is 25.1. The Balaban J connectivity index is 2.61. The molecule has 1 aliphatic rings. The predicted molar refractivity (Wildman–Crippen MR) is 73.0 cm³/mol. The molecule has 0 spiro atoms. The fourth-order valence-electron chi connectivity index (χ4n) is 1.39. The van der Waals surface area contributed by atoms with Crippen LogP contribution in [-0.4, -0.2) is 41.6 Å². The molecular formula is C10H23FN2O2Si2. The minimum absolute atomic E-state index is 0.477. The summed E-state index contributed by atoms with van der Waals surface area (Å²) in [5.74, 6) is 0. The molecule has 17 heavy (non-hydrogen) atoms. The monoisotopic (exact) mass is 278 g/mol. The van der Waals surface area contributed by atoms with Crippen LogP contribution in [0.1, 0.15) is 0 Å². The summed E-state index contributed by atoms with van der Waals surface area (Å²) in [6, 6.07) is 0. The smallest absolute Gasteiger partial charge is 0.196 e. The van der Waals surface area contributed by atoms with Crippen LogP contribution in [0.15, 0.2) is 4.99 Å². The fourth-order valence-corrected chi connectivity index (χ4v) is 3.15. The Morgan fingerprint density at radius 2 is 1.59 bits per heavy atom. The van der Waals surface area contributed by atoms with Gasteiger partial charge < -0.3 is 8.85 Å². The number of rotatable bonds is 4. The molecule has 0 radical (unpaired) electrons. The number of nitrogens with zero attached hydrogens (tertiary/aromatic N) is 1. The second kappa shape index (κ2) is 5.27. The minimum atomic E-state index is -1.78. The second-order valence-corrected chi connectivity index (χ2v) is 15.1. The van der Waals surface area contributed by atoms with Crippen molar-refractivity contribution in [3.05, 3.63) is 0 Å². The molecule has 1 heterocycles. The van der Waals surface area contributed by atoms with Crippen molar-refractivity contribution in [1.82, 2.24) is 5.32 Å². The number of halogens is 1. The molecule has 0 fully saturated rings. The van der Waals surface area contributed by atoms with Crippen molar-refractivity contribution in [3.63, 3.8) is 0 Å². The largest absolute Gasteiger partial charge is 0.399 e. The van der Waals surface area contributed by atoms with Crippen LogP contribution in [0, 0.1) is 0 Å². The highest BCUT2D eigenvalue weighted by Gasteiger charge is 2.33. The van der Waals surface area contributed by atoms with Crippen LogP contribution in [0.5, 0.6) is 0 Å². The summed E-state index contributed by atoms with van der Waals surface area (Å²) >= 11 is 0. The van der Waals surface area contributed by atoms with Gasteiger partial charge in [0.2, 0.25) is 0 Å². The summed E-state index contributed by atoms with van der Waals surface area (Å²) in [5.41, 5.74) is 0. The first-order chi connectivity index (χ1) is 7.57. The van der Waals surface area contributed by atoms with E-state index in [1.54, 1.807) is 0 Å². The first-order valence-corrected chi connectivity index (χ1v) is 12.7. The van der Waals surface area contributed by atoms with Crippen LogP contribution < -0.4 is 5.32 Å². The van der Waals surface area contributed by atoms with Gasteiger partial charge in [-0.3, -0.25) is 0 Å². The molecule has 100 valence electrons. The Labute approximate surface area is 105 Å².